The number of nitrogens with zero attached hydrogens (tertiary/aromatic N) is 1. The standard InChI is InChI=1S/C23H33NO5/c25-22-17-11-6-4-2-1-3-5-8-13-20(14-12-18-27-22)24-29-23(26)19-28-21-15-9-7-10-16-21/h7,9-10,15-16H,1-6,8,11-14,17-19H2/b24-20+. The highest BCUT2D eigenvalue weighted by atomic mass is 16.7. The molecule has 0 spiro atoms. The van der Waals surface area contributed by atoms with E-state index < -0.39 is 5.97 Å². The molecule has 1 aliphatic heterocycles. The van der Waals surface area contributed by atoms with Gasteiger partial charge in [0.05, 0.1) is 12.3 Å². The molecule has 0 unspecified atom stereocenters. The normalized spacial score (nSPS) is 19.3. The summed E-state index contributed by atoms with van der Waals surface area (Å²) in [6, 6.07) is 9.12. The molecule has 0 N–H and O–H groups in total. The topological polar surface area (TPSA) is 74.2 Å². The molecular formula is C23H33NO5. The number of oxime groups is 1. The van der Waals surface area contributed by atoms with Gasteiger partial charge in [0.2, 0.25) is 0 Å². The van der Waals surface area contributed by atoms with E-state index in [0.29, 0.717) is 31.6 Å². The lowest BCUT2D eigenvalue weighted by Crippen LogP contribution is -2.14. The first-order chi connectivity index (χ1) is 14.2. The molecule has 0 aliphatic carbocycles. The number of rotatable bonds is 4. The van der Waals surface area contributed by atoms with Crippen LogP contribution in [-0.4, -0.2) is 30.9 Å². The fraction of sp³-hybridized carbons (Fsp3) is 0.609. The maximum Gasteiger partial charge on any atom is 0.372 e. The highest BCUT2D eigenvalue weighted by Gasteiger charge is 2.09. The SMILES string of the molecule is O=C1CCCCCCCCCC/C(=N\OC(=O)COc2ccccc2)CCCO1. The van der Waals surface area contributed by atoms with E-state index in [4.69, 9.17) is 14.3 Å². The van der Waals surface area contributed by atoms with Crippen molar-refractivity contribution in [1.29, 1.82) is 0 Å². The summed E-state index contributed by atoms with van der Waals surface area (Å²) in [6.45, 7) is 0.196. The van der Waals surface area contributed by atoms with Crippen molar-refractivity contribution in [2.45, 2.75) is 77.0 Å². The predicted octanol–water partition coefficient (Wildman–Crippen LogP) is 5.20. The minimum Gasteiger partial charge on any atom is -0.482 e. The van der Waals surface area contributed by atoms with Gasteiger partial charge in [-0.05, 0) is 44.2 Å². The van der Waals surface area contributed by atoms with Crippen LogP contribution in [0.3, 0.4) is 0 Å². The van der Waals surface area contributed by atoms with Gasteiger partial charge in [0.1, 0.15) is 5.75 Å². The molecule has 2 rings (SSSR count). The van der Waals surface area contributed by atoms with Gasteiger partial charge < -0.3 is 14.3 Å². The van der Waals surface area contributed by atoms with E-state index in [0.717, 1.165) is 37.8 Å². The fourth-order valence-electron chi connectivity index (χ4n) is 3.21. The van der Waals surface area contributed by atoms with Crippen molar-refractivity contribution in [1.82, 2.24) is 0 Å². The van der Waals surface area contributed by atoms with Crippen LogP contribution >= 0.6 is 0 Å². The van der Waals surface area contributed by atoms with Crippen LogP contribution in [0, 0.1) is 0 Å². The average Bonchev–Trinajstić information content (AvgIpc) is 2.74. The number of hydrogen-bond acceptors (Lipinski definition) is 6. The number of ether oxygens (including phenoxy) is 2. The molecule has 1 saturated heterocycles. The van der Waals surface area contributed by atoms with Crippen molar-refractivity contribution >= 4 is 17.7 Å². The number of hydrogen-bond donors (Lipinski definition) is 0. The summed E-state index contributed by atoms with van der Waals surface area (Å²) in [7, 11) is 0. The Kier molecular flexibility index (Phi) is 11.5. The second kappa shape index (κ2) is 14.6. The van der Waals surface area contributed by atoms with E-state index in [-0.39, 0.29) is 12.6 Å². The molecular weight excluding hydrogens is 370 g/mol. The van der Waals surface area contributed by atoms with Crippen LogP contribution in [0.15, 0.2) is 35.5 Å². The van der Waals surface area contributed by atoms with Gasteiger partial charge in [-0.15, -0.1) is 0 Å². The second-order valence-electron chi connectivity index (χ2n) is 7.37. The summed E-state index contributed by atoms with van der Waals surface area (Å²) in [6.07, 6.45) is 11.6. The van der Waals surface area contributed by atoms with Crippen LogP contribution in [0.2, 0.25) is 0 Å². The first-order valence-electron chi connectivity index (χ1n) is 10.8. The highest BCUT2D eigenvalue weighted by molar-refractivity contribution is 5.85. The summed E-state index contributed by atoms with van der Waals surface area (Å²) in [5.74, 6) is -0.0383. The average molecular weight is 404 g/mol. The number of carbonyl (C=O) groups is 2. The smallest absolute Gasteiger partial charge is 0.372 e. The Morgan fingerprint density at radius 1 is 0.862 bits per heavy atom. The summed E-state index contributed by atoms with van der Waals surface area (Å²) in [4.78, 5) is 28.7. The molecule has 1 aromatic carbocycles. The van der Waals surface area contributed by atoms with Crippen molar-refractivity contribution in [3.63, 3.8) is 0 Å². The van der Waals surface area contributed by atoms with Gasteiger partial charge in [0.25, 0.3) is 0 Å². The Morgan fingerprint density at radius 2 is 1.48 bits per heavy atom. The van der Waals surface area contributed by atoms with Gasteiger partial charge in [-0.3, -0.25) is 4.79 Å². The Morgan fingerprint density at radius 3 is 2.21 bits per heavy atom. The van der Waals surface area contributed by atoms with E-state index in [2.05, 4.69) is 5.16 Å². The summed E-state index contributed by atoms with van der Waals surface area (Å²) in [5, 5.41) is 4.06. The van der Waals surface area contributed by atoms with Crippen molar-refractivity contribution < 1.29 is 23.9 Å². The van der Waals surface area contributed by atoms with E-state index in [1.807, 2.05) is 18.2 Å². The first kappa shape index (κ1) is 22.9. The van der Waals surface area contributed by atoms with Crippen molar-refractivity contribution in [2.75, 3.05) is 13.2 Å². The van der Waals surface area contributed by atoms with Crippen molar-refractivity contribution in [2.24, 2.45) is 5.16 Å². The maximum atomic E-state index is 11.9. The number of benzene rings is 1. The van der Waals surface area contributed by atoms with Crippen LogP contribution in [0.1, 0.15) is 77.0 Å². The molecule has 1 aliphatic rings. The molecule has 1 heterocycles. The first-order valence-corrected chi connectivity index (χ1v) is 10.8. The van der Waals surface area contributed by atoms with Crippen molar-refractivity contribution in [3.8, 4) is 5.75 Å². The van der Waals surface area contributed by atoms with Gasteiger partial charge in [-0.25, -0.2) is 4.79 Å². The van der Waals surface area contributed by atoms with Crippen LogP contribution in [-0.2, 0) is 19.2 Å². The molecule has 0 bridgehead atoms. The van der Waals surface area contributed by atoms with Gasteiger partial charge in [0, 0.05) is 6.42 Å². The van der Waals surface area contributed by atoms with Crippen LogP contribution in [0.25, 0.3) is 0 Å². The fourth-order valence-corrected chi connectivity index (χ4v) is 3.21. The monoisotopic (exact) mass is 403 g/mol. The molecule has 160 valence electrons. The number of esters is 1. The van der Waals surface area contributed by atoms with E-state index in [1.165, 1.54) is 25.7 Å². The molecule has 0 aromatic heterocycles. The molecule has 0 amide bonds. The number of carbonyl (C=O) groups excluding carboxylic acids is 2. The summed E-state index contributed by atoms with van der Waals surface area (Å²) in [5.41, 5.74) is 0.834. The lowest BCUT2D eigenvalue weighted by Gasteiger charge is -2.09. The lowest BCUT2D eigenvalue weighted by molar-refractivity contribution is -0.146. The van der Waals surface area contributed by atoms with Gasteiger partial charge >= 0.3 is 11.9 Å². The second-order valence-corrected chi connectivity index (χ2v) is 7.37. The van der Waals surface area contributed by atoms with E-state index in [1.54, 1.807) is 12.1 Å². The molecule has 1 fully saturated rings. The number of para-hydroxylation sites is 1. The Labute approximate surface area is 173 Å². The third kappa shape index (κ3) is 11.3. The quantitative estimate of drug-likeness (QED) is 0.392. The zero-order valence-electron chi connectivity index (χ0n) is 17.3. The Balaban J connectivity index is 1.78. The lowest BCUT2D eigenvalue weighted by atomic mass is 10.0. The molecule has 0 radical (unpaired) electrons. The summed E-state index contributed by atoms with van der Waals surface area (Å²) < 4.78 is 10.7. The zero-order valence-corrected chi connectivity index (χ0v) is 17.3. The van der Waals surface area contributed by atoms with E-state index in [9.17, 15) is 9.59 Å². The molecule has 29 heavy (non-hydrogen) atoms. The minimum absolute atomic E-state index is 0.125. The van der Waals surface area contributed by atoms with Crippen molar-refractivity contribution in [3.05, 3.63) is 30.3 Å². The Hall–Kier alpha value is -2.37. The van der Waals surface area contributed by atoms with Gasteiger partial charge in [-0.1, -0.05) is 61.9 Å². The largest absolute Gasteiger partial charge is 0.482 e. The Bertz CT molecular complexity index is 629. The highest BCUT2D eigenvalue weighted by Crippen LogP contribution is 2.14. The third-order valence-electron chi connectivity index (χ3n) is 4.85. The molecule has 0 atom stereocenters. The van der Waals surface area contributed by atoms with Crippen LogP contribution in [0.4, 0.5) is 0 Å². The van der Waals surface area contributed by atoms with Crippen LogP contribution < -0.4 is 4.74 Å². The molecule has 6 nitrogen and oxygen atoms in total. The van der Waals surface area contributed by atoms with E-state index >= 15 is 0 Å². The maximum absolute atomic E-state index is 11.9. The number of cyclic esters (lactones) is 1. The zero-order chi connectivity index (χ0) is 20.6. The molecule has 0 saturated carbocycles. The predicted molar refractivity (Wildman–Crippen MR) is 112 cm³/mol. The minimum atomic E-state index is -0.528. The molecule has 1 aromatic rings. The third-order valence-corrected chi connectivity index (χ3v) is 4.85. The van der Waals surface area contributed by atoms with Gasteiger partial charge in [0.15, 0.2) is 6.61 Å². The van der Waals surface area contributed by atoms with Gasteiger partial charge in [-0.2, -0.15) is 0 Å². The van der Waals surface area contributed by atoms with Crippen LogP contribution in [0.5, 0.6) is 5.75 Å². The molecule has 6 heteroatoms. The summed E-state index contributed by atoms with van der Waals surface area (Å²) >= 11 is 0.